The molecule has 0 bridgehead atoms. The number of carboxylic acids is 1. The molecule has 0 aliphatic carbocycles. The largest absolute Gasteiger partial charge is 0.481 e. The zero-order valence-corrected chi connectivity index (χ0v) is 6.47. The van der Waals surface area contributed by atoms with Gasteiger partial charge in [0.05, 0.1) is 5.92 Å². The lowest BCUT2D eigenvalue weighted by atomic mass is 10.0. The number of carboxylic acid groups (broad SMARTS) is 1. The second-order valence-corrected chi connectivity index (χ2v) is 2.41. The van der Waals surface area contributed by atoms with E-state index in [9.17, 15) is 4.79 Å². The maximum Gasteiger partial charge on any atom is 0.312 e. The molecular formula is C8H10N2O2. The Morgan fingerprint density at radius 3 is 2.58 bits per heavy atom. The molecule has 0 spiro atoms. The van der Waals surface area contributed by atoms with Gasteiger partial charge in [-0.05, 0) is 17.7 Å². The highest BCUT2D eigenvalue weighted by Crippen LogP contribution is 2.12. The van der Waals surface area contributed by atoms with Crippen LogP contribution in [-0.2, 0) is 4.79 Å². The third kappa shape index (κ3) is 1.79. The topological polar surface area (TPSA) is 76.2 Å². The van der Waals surface area contributed by atoms with Gasteiger partial charge in [-0.1, -0.05) is 0 Å². The molecule has 64 valence electrons. The molecule has 3 N–H and O–H groups in total. The molecule has 0 saturated heterocycles. The van der Waals surface area contributed by atoms with Gasteiger partial charge in [0.1, 0.15) is 0 Å². The molecule has 0 aliphatic rings. The number of pyridine rings is 1. The van der Waals surface area contributed by atoms with Gasteiger partial charge in [0.15, 0.2) is 0 Å². The first-order chi connectivity index (χ1) is 5.75. The van der Waals surface area contributed by atoms with Crippen molar-refractivity contribution in [2.24, 2.45) is 5.73 Å². The van der Waals surface area contributed by atoms with E-state index in [4.69, 9.17) is 10.8 Å². The SMILES string of the molecule is NC[C@H](C(=O)O)c1ccncc1. The monoisotopic (exact) mass is 166 g/mol. The predicted octanol–water partition coefficient (Wildman–Crippen LogP) is 0.208. The zero-order valence-electron chi connectivity index (χ0n) is 6.47. The van der Waals surface area contributed by atoms with Crippen LogP contribution in [0.15, 0.2) is 24.5 Å². The van der Waals surface area contributed by atoms with E-state index < -0.39 is 11.9 Å². The van der Waals surface area contributed by atoms with Gasteiger partial charge in [0.2, 0.25) is 0 Å². The average molecular weight is 166 g/mol. The van der Waals surface area contributed by atoms with Crippen molar-refractivity contribution in [3.05, 3.63) is 30.1 Å². The van der Waals surface area contributed by atoms with Gasteiger partial charge in [-0.15, -0.1) is 0 Å². The van der Waals surface area contributed by atoms with E-state index in [1.807, 2.05) is 0 Å². The number of nitrogens with zero attached hydrogens (tertiary/aromatic N) is 1. The van der Waals surface area contributed by atoms with Crippen molar-refractivity contribution in [2.45, 2.75) is 5.92 Å². The second-order valence-electron chi connectivity index (χ2n) is 2.41. The van der Waals surface area contributed by atoms with Crippen molar-refractivity contribution in [2.75, 3.05) is 6.54 Å². The van der Waals surface area contributed by atoms with Crippen molar-refractivity contribution in [3.63, 3.8) is 0 Å². The van der Waals surface area contributed by atoms with Crippen LogP contribution in [-0.4, -0.2) is 22.6 Å². The number of nitrogens with two attached hydrogens (primary N) is 1. The van der Waals surface area contributed by atoms with E-state index in [-0.39, 0.29) is 6.54 Å². The lowest BCUT2D eigenvalue weighted by molar-refractivity contribution is -0.138. The molecule has 0 aromatic carbocycles. The van der Waals surface area contributed by atoms with Gasteiger partial charge in [-0.2, -0.15) is 0 Å². The molecule has 12 heavy (non-hydrogen) atoms. The van der Waals surface area contributed by atoms with E-state index in [1.54, 1.807) is 24.5 Å². The summed E-state index contributed by atoms with van der Waals surface area (Å²) in [5, 5.41) is 8.73. The molecule has 1 aromatic heterocycles. The molecule has 1 rings (SSSR count). The summed E-state index contributed by atoms with van der Waals surface area (Å²) in [6.45, 7) is 0.110. The van der Waals surface area contributed by atoms with Gasteiger partial charge in [-0.25, -0.2) is 0 Å². The van der Waals surface area contributed by atoms with Crippen LogP contribution < -0.4 is 5.73 Å². The molecule has 1 aromatic rings. The number of aliphatic carboxylic acids is 1. The molecule has 4 nitrogen and oxygen atoms in total. The van der Waals surface area contributed by atoms with Crippen molar-refractivity contribution >= 4 is 5.97 Å². The van der Waals surface area contributed by atoms with Crippen LogP contribution in [0.5, 0.6) is 0 Å². The van der Waals surface area contributed by atoms with E-state index in [0.29, 0.717) is 5.56 Å². The highest BCUT2D eigenvalue weighted by Gasteiger charge is 2.16. The predicted molar refractivity (Wildman–Crippen MR) is 43.7 cm³/mol. The number of hydrogen-bond donors (Lipinski definition) is 2. The maximum atomic E-state index is 10.6. The minimum absolute atomic E-state index is 0.110. The first-order valence-corrected chi connectivity index (χ1v) is 3.58. The van der Waals surface area contributed by atoms with Gasteiger partial charge < -0.3 is 10.8 Å². The summed E-state index contributed by atoms with van der Waals surface area (Å²) < 4.78 is 0. The molecule has 0 aliphatic heterocycles. The number of hydrogen-bond acceptors (Lipinski definition) is 3. The van der Waals surface area contributed by atoms with Crippen LogP contribution >= 0.6 is 0 Å². The Labute approximate surface area is 70.0 Å². The molecule has 0 amide bonds. The van der Waals surface area contributed by atoms with E-state index in [1.165, 1.54) is 0 Å². The average Bonchev–Trinajstić information content (AvgIpc) is 2.07. The van der Waals surface area contributed by atoms with Gasteiger partial charge in [0, 0.05) is 18.9 Å². The Morgan fingerprint density at radius 1 is 1.58 bits per heavy atom. The van der Waals surface area contributed by atoms with Gasteiger partial charge >= 0.3 is 5.97 Å². The smallest absolute Gasteiger partial charge is 0.312 e. The minimum atomic E-state index is -0.899. The van der Waals surface area contributed by atoms with E-state index in [0.717, 1.165) is 0 Å². The van der Waals surface area contributed by atoms with E-state index in [2.05, 4.69) is 4.98 Å². The highest BCUT2D eigenvalue weighted by atomic mass is 16.4. The molecule has 0 unspecified atom stereocenters. The fourth-order valence-corrected chi connectivity index (χ4v) is 0.975. The normalized spacial score (nSPS) is 12.4. The van der Waals surface area contributed by atoms with Crippen LogP contribution in [0.2, 0.25) is 0 Å². The standard InChI is InChI=1S/C8H10N2O2/c9-5-7(8(11)12)6-1-3-10-4-2-6/h1-4,7H,5,9H2,(H,11,12)/t7-/m0/s1. The summed E-state index contributed by atoms with van der Waals surface area (Å²) in [5.41, 5.74) is 6.00. The highest BCUT2D eigenvalue weighted by molar-refractivity contribution is 5.76. The second kappa shape index (κ2) is 3.82. The van der Waals surface area contributed by atoms with Gasteiger partial charge in [0.25, 0.3) is 0 Å². The first kappa shape index (κ1) is 8.67. The molecule has 0 saturated carbocycles. The van der Waals surface area contributed by atoms with Crippen molar-refractivity contribution in [1.29, 1.82) is 0 Å². The number of rotatable bonds is 3. The van der Waals surface area contributed by atoms with Crippen molar-refractivity contribution in [1.82, 2.24) is 4.98 Å². The van der Waals surface area contributed by atoms with Crippen LogP contribution in [0.3, 0.4) is 0 Å². The Bertz CT molecular complexity index is 261. The number of aromatic nitrogens is 1. The summed E-state index contributed by atoms with van der Waals surface area (Å²) in [6.07, 6.45) is 3.11. The molecule has 4 heteroatoms. The Balaban J connectivity index is 2.88. The quantitative estimate of drug-likeness (QED) is 0.672. The summed E-state index contributed by atoms with van der Waals surface area (Å²) >= 11 is 0. The van der Waals surface area contributed by atoms with Crippen LogP contribution in [0, 0.1) is 0 Å². The van der Waals surface area contributed by atoms with Crippen molar-refractivity contribution < 1.29 is 9.90 Å². The Hall–Kier alpha value is -1.42. The lowest BCUT2D eigenvalue weighted by Gasteiger charge is -2.08. The number of carbonyl (C=O) groups is 1. The fraction of sp³-hybridized carbons (Fsp3) is 0.250. The molecule has 1 heterocycles. The summed E-state index contributed by atoms with van der Waals surface area (Å²) in [7, 11) is 0. The third-order valence-corrected chi connectivity index (χ3v) is 1.64. The zero-order chi connectivity index (χ0) is 8.97. The Kier molecular flexibility index (Phi) is 2.76. The molecular weight excluding hydrogens is 156 g/mol. The van der Waals surface area contributed by atoms with Crippen LogP contribution in [0.4, 0.5) is 0 Å². The summed E-state index contributed by atoms with van der Waals surface area (Å²) in [5.74, 6) is -1.52. The summed E-state index contributed by atoms with van der Waals surface area (Å²) in [4.78, 5) is 14.4. The lowest BCUT2D eigenvalue weighted by Crippen LogP contribution is -2.20. The maximum absolute atomic E-state index is 10.6. The van der Waals surface area contributed by atoms with E-state index >= 15 is 0 Å². The van der Waals surface area contributed by atoms with Crippen LogP contribution in [0.1, 0.15) is 11.5 Å². The third-order valence-electron chi connectivity index (χ3n) is 1.64. The first-order valence-electron chi connectivity index (χ1n) is 3.58. The minimum Gasteiger partial charge on any atom is -0.481 e. The van der Waals surface area contributed by atoms with Crippen molar-refractivity contribution in [3.8, 4) is 0 Å². The molecule has 0 radical (unpaired) electrons. The Morgan fingerprint density at radius 2 is 2.17 bits per heavy atom. The molecule has 1 atom stereocenters. The fourth-order valence-electron chi connectivity index (χ4n) is 0.975. The summed E-state index contributed by atoms with van der Waals surface area (Å²) in [6, 6.07) is 3.32. The van der Waals surface area contributed by atoms with Crippen LogP contribution in [0.25, 0.3) is 0 Å². The van der Waals surface area contributed by atoms with Gasteiger partial charge in [-0.3, -0.25) is 9.78 Å². The molecule has 0 fully saturated rings.